The highest BCUT2D eigenvalue weighted by Crippen LogP contribution is 2.34. The van der Waals surface area contributed by atoms with Gasteiger partial charge in [0.2, 0.25) is 5.91 Å². The van der Waals surface area contributed by atoms with E-state index in [0.717, 1.165) is 30.5 Å². The number of halogens is 4. The summed E-state index contributed by atoms with van der Waals surface area (Å²) in [7, 11) is 0. The highest BCUT2D eigenvalue weighted by atomic mass is 79.9. The number of benzene rings is 3. The van der Waals surface area contributed by atoms with E-state index in [1.54, 1.807) is 29.2 Å². The summed E-state index contributed by atoms with van der Waals surface area (Å²) >= 11 is 3.14. The summed E-state index contributed by atoms with van der Waals surface area (Å²) < 4.78 is 40.5. The van der Waals surface area contributed by atoms with Crippen molar-refractivity contribution in [2.75, 3.05) is 10.2 Å². The summed E-state index contributed by atoms with van der Waals surface area (Å²) in [5.41, 5.74) is 2.39. The van der Waals surface area contributed by atoms with E-state index in [2.05, 4.69) is 41.9 Å². The molecule has 1 aliphatic rings. The third-order valence-corrected chi connectivity index (χ3v) is 7.81. The van der Waals surface area contributed by atoms with E-state index in [-0.39, 0.29) is 34.9 Å². The molecule has 2 amide bonds. The normalized spacial score (nSPS) is 14.0. The van der Waals surface area contributed by atoms with Crippen LogP contribution in [-0.4, -0.2) is 32.4 Å². The average Bonchev–Trinajstić information content (AvgIpc) is 3.49. The number of hydrogen-bond donors (Lipinski definition) is 2. The number of rotatable bonds is 8. The number of alkyl halides is 3. The summed E-state index contributed by atoms with van der Waals surface area (Å²) in [6.07, 6.45) is 1.17. The van der Waals surface area contributed by atoms with Crippen molar-refractivity contribution in [3.05, 3.63) is 99.0 Å². The number of H-pyrrole nitrogens is 1. The van der Waals surface area contributed by atoms with Crippen LogP contribution >= 0.6 is 15.9 Å². The van der Waals surface area contributed by atoms with Gasteiger partial charge < -0.3 is 4.90 Å². The van der Waals surface area contributed by atoms with E-state index in [9.17, 15) is 22.8 Å². The maximum Gasteiger partial charge on any atom is 0.416 e. The minimum Gasteiger partial charge on any atom is -0.308 e. The lowest BCUT2D eigenvalue weighted by Crippen LogP contribution is -2.32. The number of amides is 2. The first-order valence-corrected chi connectivity index (χ1v) is 14.4. The maximum absolute atomic E-state index is 13.7. The standard InChI is InChI=1S/C30H28BrF3N6O2/c31-25-15-20(14-24(17-25)30(32,33)34)16-27(41)40(26-12-10-22(11-13-26)21-4-2-1-3-5-21)18-19-6-8-23(9-7-19)28(42)35-29-36-38-39-37-29/h6-15,17,21H,1-5,16,18H2,(H2,35,36,37,38,39,42). The molecule has 12 heteroatoms. The number of carbonyl (C=O) groups is 2. The lowest BCUT2D eigenvalue weighted by molar-refractivity contribution is -0.137. The molecule has 2 N–H and O–H groups in total. The molecule has 1 heterocycles. The molecule has 1 aromatic heterocycles. The van der Waals surface area contributed by atoms with Crippen LogP contribution in [0.2, 0.25) is 0 Å². The zero-order valence-corrected chi connectivity index (χ0v) is 24.1. The van der Waals surface area contributed by atoms with E-state index in [0.29, 0.717) is 17.2 Å². The third kappa shape index (κ3) is 7.41. The van der Waals surface area contributed by atoms with E-state index in [1.165, 1.54) is 30.9 Å². The highest BCUT2D eigenvalue weighted by Gasteiger charge is 2.31. The monoisotopic (exact) mass is 640 g/mol. The molecule has 4 aromatic rings. The number of tetrazole rings is 1. The number of aromatic nitrogens is 4. The zero-order chi connectivity index (χ0) is 29.7. The Kier molecular flexibility index (Phi) is 9.00. The Bertz CT molecular complexity index is 1520. The number of hydrogen-bond acceptors (Lipinski definition) is 5. The molecular weight excluding hydrogens is 613 g/mol. The molecule has 3 aromatic carbocycles. The molecular formula is C30H28BrF3N6O2. The van der Waals surface area contributed by atoms with Crippen molar-refractivity contribution in [2.45, 2.75) is 57.2 Å². The molecule has 0 aliphatic heterocycles. The molecule has 0 radical (unpaired) electrons. The number of anilines is 2. The number of carbonyl (C=O) groups excluding carboxylic acids is 2. The smallest absolute Gasteiger partial charge is 0.308 e. The SMILES string of the molecule is O=C(Nc1nn[nH]n1)c1ccc(CN(C(=O)Cc2cc(Br)cc(C(F)(F)F)c2)c2ccc(C3CCCCC3)cc2)cc1. The Balaban J connectivity index is 1.38. The lowest BCUT2D eigenvalue weighted by atomic mass is 9.84. The Labute approximate surface area is 248 Å². The quantitative estimate of drug-likeness (QED) is 0.215. The second-order valence-electron chi connectivity index (χ2n) is 10.3. The largest absolute Gasteiger partial charge is 0.416 e. The van der Waals surface area contributed by atoms with Crippen molar-refractivity contribution >= 4 is 39.4 Å². The van der Waals surface area contributed by atoms with E-state index in [1.807, 2.05) is 24.3 Å². The predicted octanol–water partition coefficient (Wildman–Crippen LogP) is 7.06. The summed E-state index contributed by atoms with van der Waals surface area (Å²) in [5, 5.41) is 15.6. The second-order valence-corrected chi connectivity index (χ2v) is 11.2. The number of aromatic amines is 1. The van der Waals surface area contributed by atoms with Gasteiger partial charge in [0, 0.05) is 15.7 Å². The minimum absolute atomic E-state index is 0.0405. The van der Waals surface area contributed by atoms with Crippen molar-refractivity contribution in [2.24, 2.45) is 0 Å². The van der Waals surface area contributed by atoms with Crippen LogP contribution in [0.5, 0.6) is 0 Å². The van der Waals surface area contributed by atoms with Crippen molar-refractivity contribution in [1.82, 2.24) is 20.6 Å². The van der Waals surface area contributed by atoms with E-state index < -0.39 is 17.6 Å². The van der Waals surface area contributed by atoms with Crippen LogP contribution in [-0.2, 0) is 23.9 Å². The molecule has 1 fully saturated rings. The van der Waals surface area contributed by atoms with Gasteiger partial charge in [-0.3, -0.25) is 14.9 Å². The predicted molar refractivity (Wildman–Crippen MR) is 155 cm³/mol. The minimum atomic E-state index is -4.53. The molecule has 0 spiro atoms. The topological polar surface area (TPSA) is 104 Å². The molecule has 8 nitrogen and oxygen atoms in total. The fourth-order valence-electron chi connectivity index (χ4n) is 5.20. The van der Waals surface area contributed by atoms with Gasteiger partial charge in [-0.05, 0) is 83.1 Å². The van der Waals surface area contributed by atoms with E-state index >= 15 is 0 Å². The first kappa shape index (κ1) is 29.4. The van der Waals surface area contributed by atoms with Gasteiger partial charge in [-0.2, -0.15) is 18.4 Å². The Morgan fingerprint density at radius 1 is 0.952 bits per heavy atom. The molecule has 1 aliphatic carbocycles. The van der Waals surface area contributed by atoms with Gasteiger partial charge in [-0.15, -0.1) is 5.10 Å². The molecule has 0 saturated heterocycles. The summed E-state index contributed by atoms with van der Waals surface area (Å²) in [5.74, 6) is -0.251. The van der Waals surface area contributed by atoms with Crippen LogP contribution < -0.4 is 10.2 Å². The third-order valence-electron chi connectivity index (χ3n) is 7.35. The fourth-order valence-corrected chi connectivity index (χ4v) is 5.75. The van der Waals surface area contributed by atoms with Crippen LogP contribution in [0.15, 0.2) is 71.2 Å². The second kappa shape index (κ2) is 12.8. The number of nitrogens with one attached hydrogen (secondary N) is 2. The van der Waals surface area contributed by atoms with Crippen LogP contribution in [0.3, 0.4) is 0 Å². The average molecular weight is 641 g/mol. The molecule has 218 valence electrons. The van der Waals surface area contributed by atoms with Crippen LogP contribution in [0, 0.1) is 0 Å². The van der Waals surface area contributed by atoms with Gasteiger partial charge in [-0.25, -0.2) is 0 Å². The van der Waals surface area contributed by atoms with Gasteiger partial charge in [0.1, 0.15) is 0 Å². The van der Waals surface area contributed by atoms with Gasteiger partial charge in [-0.1, -0.05) is 64.6 Å². The van der Waals surface area contributed by atoms with Crippen LogP contribution in [0.4, 0.5) is 24.8 Å². The first-order valence-electron chi connectivity index (χ1n) is 13.6. The summed E-state index contributed by atoms with van der Waals surface area (Å²) in [6.45, 7) is 0.161. The van der Waals surface area contributed by atoms with Crippen molar-refractivity contribution in [3.8, 4) is 0 Å². The lowest BCUT2D eigenvalue weighted by Gasteiger charge is -2.26. The van der Waals surface area contributed by atoms with Gasteiger partial charge in [0.25, 0.3) is 11.9 Å². The summed E-state index contributed by atoms with van der Waals surface area (Å²) in [6, 6.07) is 18.1. The molecule has 0 unspecified atom stereocenters. The van der Waals surface area contributed by atoms with Gasteiger partial charge >= 0.3 is 6.18 Å². The van der Waals surface area contributed by atoms with Crippen LogP contribution in [0.1, 0.15) is 70.6 Å². The zero-order valence-electron chi connectivity index (χ0n) is 22.5. The molecule has 42 heavy (non-hydrogen) atoms. The Hall–Kier alpha value is -4.06. The Morgan fingerprint density at radius 3 is 2.31 bits per heavy atom. The van der Waals surface area contributed by atoms with E-state index in [4.69, 9.17) is 0 Å². The van der Waals surface area contributed by atoms with Crippen molar-refractivity contribution in [1.29, 1.82) is 0 Å². The first-order chi connectivity index (χ1) is 20.2. The molecule has 0 atom stereocenters. The summed E-state index contributed by atoms with van der Waals surface area (Å²) in [4.78, 5) is 27.7. The Morgan fingerprint density at radius 2 is 1.67 bits per heavy atom. The highest BCUT2D eigenvalue weighted by molar-refractivity contribution is 9.10. The molecule has 1 saturated carbocycles. The number of nitrogens with zero attached hydrogens (tertiary/aromatic N) is 4. The van der Waals surface area contributed by atoms with Gasteiger partial charge in [0.05, 0.1) is 18.5 Å². The molecule has 5 rings (SSSR count). The molecule has 0 bridgehead atoms. The van der Waals surface area contributed by atoms with Crippen LogP contribution in [0.25, 0.3) is 0 Å². The maximum atomic E-state index is 13.7. The van der Waals surface area contributed by atoms with Gasteiger partial charge in [0.15, 0.2) is 0 Å². The van der Waals surface area contributed by atoms with Crippen molar-refractivity contribution < 1.29 is 22.8 Å². The van der Waals surface area contributed by atoms with Crippen molar-refractivity contribution in [3.63, 3.8) is 0 Å². The fraction of sp³-hybridized carbons (Fsp3) is 0.300.